The second-order valence-electron chi connectivity index (χ2n) is 4.21. The molecule has 1 aliphatic rings. The van der Waals surface area contributed by atoms with Gasteiger partial charge in [-0.05, 0) is 44.2 Å². The van der Waals surface area contributed by atoms with Gasteiger partial charge in [-0.2, -0.15) is 11.8 Å². The topological polar surface area (TPSA) is 12.0 Å². The summed E-state index contributed by atoms with van der Waals surface area (Å²) in [4.78, 5) is 3.11. The van der Waals surface area contributed by atoms with Crippen molar-refractivity contribution in [3.8, 4) is 11.8 Å². The summed E-state index contributed by atoms with van der Waals surface area (Å²) in [5, 5.41) is 3.42. The van der Waals surface area contributed by atoms with Crippen LogP contribution in [0.2, 0.25) is 0 Å². The van der Waals surface area contributed by atoms with Crippen LogP contribution in [0.3, 0.4) is 0 Å². The largest absolute Gasteiger partial charge is 0.312 e. The van der Waals surface area contributed by atoms with E-state index in [0.29, 0.717) is 6.04 Å². The van der Waals surface area contributed by atoms with E-state index in [4.69, 9.17) is 0 Å². The Morgan fingerprint density at radius 1 is 1.53 bits per heavy atom. The summed E-state index contributed by atoms with van der Waals surface area (Å²) < 4.78 is 0. The molecule has 92 valence electrons. The van der Waals surface area contributed by atoms with E-state index >= 15 is 0 Å². The van der Waals surface area contributed by atoms with E-state index in [9.17, 15) is 0 Å². The van der Waals surface area contributed by atoms with Crippen LogP contribution >= 0.6 is 23.1 Å². The molecule has 1 atom stereocenters. The molecule has 0 bridgehead atoms. The molecular formula is C14H19NS2. The van der Waals surface area contributed by atoms with Gasteiger partial charge in [-0.3, -0.25) is 0 Å². The molecule has 0 aliphatic carbocycles. The monoisotopic (exact) mass is 265 g/mol. The van der Waals surface area contributed by atoms with Crippen LogP contribution in [0, 0.1) is 11.8 Å². The number of hydrogen-bond acceptors (Lipinski definition) is 3. The second-order valence-corrected chi connectivity index (χ2v) is 6.48. The minimum Gasteiger partial charge on any atom is -0.312 e. The number of thiophene rings is 1. The number of aryl methyl sites for hydroxylation is 1. The van der Waals surface area contributed by atoms with Crippen LogP contribution in [0.4, 0.5) is 0 Å². The highest BCUT2D eigenvalue weighted by atomic mass is 32.2. The average molecular weight is 265 g/mol. The van der Waals surface area contributed by atoms with E-state index in [1.807, 2.05) is 18.3 Å². The van der Waals surface area contributed by atoms with Crippen molar-refractivity contribution in [2.75, 3.05) is 12.8 Å². The van der Waals surface area contributed by atoms with Gasteiger partial charge < -0.3 is 5.32 Å². The van der Waals surface area contributed by atoms with Gasteiger partial charge in [-0.1, -0.05) is 0 Å². The fourth-order valence-corrected chi connectivity index (χ4v) is 4.63. The molecule has 0 saturated heterocycles. The highest BCUT2D eigenvalue weighted by molar-refractivity contribution is 7.98. The summed E-state index contributed by atoms with van der Waals surface area (Å²) in [6, 6.07) is 2.89. The van der Waals surface area contributed by atoms with Crippen molar-refractivity contribution in [3.05, 3.63) is 21.4 Å². The Kier molecular flexibility index (Phi) is 4.97. The predicted octanol–water partition coefficient (Wildman–Crippen LogP) is 3.60. The van der Waals surface area contributed by atoms with Crippen molar-refractivity contribution in [2.45, 2.75) is 38.0 Å². The predicted molar refractivity (Wildman–Crippen MR) is 78.7 cm³/mol. The van der Waals surface area contributed by atoms with Gasteiger partial charge in [-0.15, -0.1) is 23.2 Å². The molecule has 0 amide bonds. The molecule has 0 spiro atoms. The van der Waals surface area contributed by atoms with Crippen molar-refractivity contribution in [1.29, 1.82) is 0 Å². The fourth-order valence-electron chi connectivity index (χ4n) is 2.11. The number of fused-ring (bicyclic) bond motifs is 1. The average Bonchev–Trinajstić information content (AvgIpc) is 2.78. The zero-order valence-corrected chi connectivity index (χ0v) is 12.1. The standard InChI is InChI=1S/C14H19NS2/c1-3-4-5-6-12(15-2)14-9-11-10-16-8-7-13(11)17-14/h9,12,15H,5-8,10H2,1-2H3. The molecule has 1 aromatic rings. The molecule has 0 saturated carbocycles. The molecule has 1 nitrogen and oxygen atoms in total. The first-order chi connectivity index (χ1) is 8.35. The van der Waals surface area contributed by atoms with Crippen LogP contribution in [0.1, 0.15) is 41.1 Å². The van der Waals surface area contributed by atoms with Gasteiger partial charge in [0.05, 0.1) is 0 Å². The Balaban J connectivity index is 2.07. The third-order valence-corrected chi connectivity index (χ3v) is 5.43. The smallest absolute Gasteiger partial charge is 0.0421 e. The van der Waals surface area contributed by atoms with E-state index in [1.165, 1.54) is 22.8 Å². The molecule has 2 rings (SSSR count). The van der Waals surface area contributed by atoms with Crippen LogP contribution in [-0.2, 0) is 12.2 Å². The summed E-state index contributed by atoms with van der Waals surface area (Å²) in [5.41, 5.74) is 1.57. The Labute approximate surface area is 112 Å². The lowest BCUT2D eigenvalue weighted by atomic mass is 10.1. The maximum atomic E-state index is 3.42. The normalized spacial score (nSPS) is 15.9. The molecule has 1 aromatic heterocycles. The van der Waals surface area contributed by atoms with Gasteiger partial charge in [0, 0.05) is 28.0 Å². The van der Waals surface area contributed by atoms with Crippen molar-refractivity contribution < 1.29 is 0 Å². The molecule has 1 aliphatic heterocycles. The molecule has 1 unspecified atom stereocenters. The lowest BCUT2D eigenvalue weighted by molar-refractivity contribution is 0.567. The third kappa shape index (κ3) is 3.28. The highest BCUT2D eigenvalue weighted by Gasteiger charge is 2.17. The molecule has 3 heteroatoms. The summed E-state index contributed by atoms with van der Waals surface area (Å²) in [6.45, 7) is 1.91. The molecule has 0 radical (unpaired) electrons. The van der Waals surface area contributed by atoms with Crippen molar-refractivity contribution in [1.82, 2.24) is 5.32 Å². The van der Waals surface area contributed by atoms with Gasteiger partial charge in [0.2, 0.25) is 0 Å². The van der Waals surface area contributed by atoms with Gasteiger partial charge in [0.1, 0.15) is 0 Å². The van der Waals surface area contributed by atoms with Gasteiger partial charge in [0.15, 0.2) is 0 Å². The van der Waals surface area contributed by atoms with E-state index < -0.39 is 0 Å². The number of thioether (sulfide) groups is 1. The Bertz CT molecular complexity index is 402. The molecule has 0 aromatic carbocycles. The van der Waals surface area contributed by atoms with Crippen LogP contribution < -0.4 is 5.32 Å². The highest BCUT2D eigenvalue weighted by Crippen LogP contribution is 2.35. The van der Waals surface area contributed by atoms with E-state index in [1.54, 1.807) is 10.4 Å². The quantitative estimate of drug-likeness (QED) is 0.835. The van der Waals surface area contributed by atoms with Crippen molar-refractivity contribution in [2.24, 2.45) is 0 Å². The minimum absolute atomic E-state index is 0.483. The lowest BCUT2D eigenvalue weighted by Crippen LogP contribution is -2.14. The maximum absolute atomic E-state index is 3.42. The van der Waals surface area contributed by atoms with Crippen LogP contribution in [0.25, 0.3) is 0 Å². The van der Waals surface area contributed by atoms with Crippen molar-refractivity contribution in [3.63, 3.8) is 0 Å². The molecular weight excluding hydrogens is 246 g/mol. The fraction of sp³-hybridized carbons (Fsp3) is 0.571. The molecule has 1 N–H and O–H groups in total. The molecule has 0 fully saturated rings. The van der Waals surface area contributed by atoms with Crippen LogP contribution in [0.5, 0.6) is 0 Å². The lowest BCUT2D eigenvalue weighted by Gasteiger charge is -2.12. The zero-order chi connectivity index (χ0) is 12.1. The van der Waals surface area contributed by atoms with E-state index in [0.717, 1.165) is 12.8 Å². The summed E-state index contributed by atoms with van der Waals surface area (Å²) in [7, 11) is 2.05. The first kappa shape index (κ1) is 13.0. The summed E-state index contributed by atoms with van der Waals surface area (Å²) >= 11 is 4.06. The van der Waals surface area contributed by atoms with E-state index in [2.05, 4.69) is 42.0 Å². The number of rotatable bonds is 4. The van der Waals surface area contributed by atoms with Gasteiger partial charge in [0.25, 0.3) is 0 Å². The van der Waals surface area contributed by atoms with Crippen LogP contribution in [0.15, 0.2) is 6.07 Å². The first-order valence-electron chi connectivity index (χ1n) is 6.11. The van der Waals surface area contributed by atoms with Gasteiger partial charge in [-0.25, -0.2) is 0 Å². The first-order valence-corrected chi connectivity index (χ1v) is 8.08. The van der Waals surface area contributed by atoms with E-state index in [-0.39, 0.29) is 0 Å². The minimum atomic E-state index is 0.483. The zero-order valence-electron chi connectivity index (χ0n) is 10.5. The van der Waals surface area contributed by atoms with Gasteiger partial charge >= 0.3 is 0 Å². The van der Waals surface area contributed by atoms with Crippen molar-refractivity contribution >= 4 is 23.1 Å². The Morgan fingerprint density at radius 2 is 2.41 bits per heavy atom. The van der Waals surface area contributed by atoms with Crippen LogP contribution in [-0.4, -0.2) is 12.8 Å². The third-order valence-electron chi connectivity index (χ3n) is 3.07. The number of nitrogens with one attached hydrogen (secondary N) is 1. The Hall–Kier alpha value is -0.430. The maximum Gasteiger partial charge on any atom is 0.0421 e. The SMILES string of the molecule is CC#CCCC(NC)c1cc2c(s1)CCSC2. The molecule has 17 heavy (non-hydrogen) atoms. The summed E-state index contributed by atoms with van der Waals surface area (Å²) in [5.74, 6) is 8.62. The Morgan fingerprint density at radius 3 is 3.12 bits per heavy atom. The molecule has 2 heterocycles. The number of hydrogen-bond donors (Lipinski definition) is 1. The summed E-state index contributed by atoms with van der Waals surface area (Å²) in [6.07, 6.45) is 3.36. The second kappa shape index (κ2) is 6.49.